The molecule has 0 saturated heterocycles. The second-order valence-corrected chi connectivity index (χ2v) is 4.43. The highest BCUT2D eigenvalue weighted by molar-refractivity contribution is 5.66. The van der Waals surface area contributed by atoms with Crippen LogP contribution in [0.1, 0.15) is 6.42 Å². The second-order valence-electron chi connectivity index (χ2n) is 4.43. The van der Waals surface area contributed by atoms with Crippen molar-refractivity contribution in [2.45, 2.75) is 12.5 Å². The fourth-order valence-electron chi connectivity index (χ4n) is 2.24. The maximum atomic E-state index is 11.6. The lowest BCUT2D eigenvalue weighted by Gasteiger charge is -2.12. The first kappa shape index (κ1) is 11.7. The van der Waals surface area contributed by atoms with Gasteiger partial charge in [0.1, 0.15) is 6.10 Å². The second kappa shape index (κ2) is 4.40. The molecule has 0 aliphatic heterocycles. The minimum absolute atomic E-state index is 0.0603. The molecular formula is C15H12O4. The van der Waals surface area contributed by atoms with Gasteiger partial charge in [0.05, 0.1) is 0 Å². The Morgan fingerprint density at radius 1 is 1.21 bits per heavy atom. The number of hydrogen-bond donors (Lipinski definition) is 2. The van der Waals surface area contributed by atoms with E-state index in [1.807, 2.05) is 30.3 Å². The normalized spacial score (nSPS) is 17.7. The number of rotatable bonds is 1. The van der Waals surface area contributed by atoms with Crippen molar-refractivity contribution in [1.29, 1.82) is 0 Å². The Morgan fingerprint density at radius 2 is 1.95 bits per heavy atom. The van der Waals surface area contributed by atoms with Crippen LogP contribution < -0.4 is 16.3 Å². The lowest BCUT2D eigenvalue weighted by Crippen LogP contribution is -2.38. The molecule has 2 aromatic rings. The van der Waals surface area contributed by atoms with Crippen LogP contribution in [0.25, 0.3) is 23.0 Å². The molecule has 1 heterocycles. The summed E-state index contributed by atoms with van der Waals surface area (Å²) >= 11 is 0. The zero-order valence-electron chi connectivity index (χ0n) is 10.0. The van der Waals surface area contributed by atoms with Crippen molar-refractivity contribution in [3.8, 4) is 11.1 Å². The van der Waals surface area contributed by atoms with Crippen molar-refractivity contribution in [1.82, 2.24) is 0 Å². The molecule has 1 aliphatic rings. The van der Waals surface area contributed by atoms with E-state index in [1.54, 1.807) is 6.08 Å². The maximum Gasteiger partial charge on any atom is 0.336 e. The summed E-state index contributed by atoms with van der Waals surface area (Å²) in [5.41, 5.74) is 1.08. The first-order valence-corrected chi connectivity index (χ1v) is 5.98. The zero-order chi connectivity index (χ0) is 13.4. The van der Waals surface area contributed by atoms with Gasteiger partial charge in [-0.2, -0.15) is 0 Å². The summed E-state index contributed by atoms with van der Waals surface area (Å²) in [6.07, 6.45) is 1.05. The Labute approximate surface area is 108 Å². The molecule has 0 fully saturated rings. The van der Waals surface area contributed by atoms with Crippen LogP contribution in [0.2, 0.25) is 0 Å². The molecule has 1 atom stereocenters. The summed E-state index contributed by atoms with van der Waals surface area (Å²) in [6.45, 7) is 0. The largest absolute Gasteiger partial charge is 0.506 e. The fraction of sp³-hybridized carbons (Fsp3) is 0.133. The lowest BCUT2D eigenvalue weighted by atomic mass is 10.00. The molecule has 4 nitrogen and oxygen atoms in total. The molecule has 1 aromatic heterocycles. The Bertz CT molecular complexity index is 787. The third kappa shape index (κ3) is 1.96. The number of aliphatic hydroxyl groups is 2. The van der Waals surface area contributed by atoms with Crippen molar-refractivity contribution >= 4 is 11.8 Å². The Kier molecular flexibility index (Phi) is 2.72. The van der Waals surface area contributed by atoms with Crippen molar-refractivity contribution in [3.63, 3.8) is 0 Å². The third-order valence-corrected chi connectivity index (χ3v) is 3.18. The minimum atomic E-state index is -1.01. The van der Waals surface area contributed by atoms with Crippen LogP contribution in [-0.2, 0) is 0 Å². The van der Waals surface area contributed by atoms with Gasteiger partial charge in [0.15, 0.2) is 11.2 Å². The van der Waals surface area contributed by atoms with Gasteiger partial charge in [0.2, 0.25) is 0 Å². The van der Waals surface area contributed by atoms with Gasteiger partial charge in [0, 0.05) is 11.3 Å². The standard InChI is InChI=1S/C15H12O4/c16-12-7-6-10-11(9-4-2-1-3-5-9)8-13(17)19-15(10)14(12)18/h1-6,8,12,16,18H,7H2. The van der Waals surface area contributed by atoms with Gasteiger partial charge in [-0.25, -0.2) is 4.79 Å². The van der Waals surface area contributed by atoms with Crippen molar-refractivity contribution in [3.05, 3.63) is 57.5 Å². The van der Waals surface area contributed by atoms with Gasteiger partial charge in [-0.3, -0.25) is 0 Å². The molecule has 1 aliphatic carbocycles. The number of hydrogen-bond acceptors (Lipinski definition) is 4. The van der Waals surface area contributed by atoms with Crippen molar-refractivity contribution in [2.24, 2.45) is 0 Å². The fourth-order valence-corrected chi connectivity index (χ4v) is 2.24. The molecule has 0 radical (unpaired) electrons. The molecule has 19 heavy (non-hydrogen) atoms. The highest BCUT2D eigenvalue weighted by Gasteiger charge is 2.18. The van der Waals surface area contributed by atoms with E-state index in [2.05, 4.69) is 0 Å². The molecule has 1 aromatic carbocycles. The molecule has 3 rings (SSSR count). The van der Waals surface area contributed by atoms with Crippen LogP contribution in [0.3, 0.4) is 0 Å². The Morgan fingerprint density at radius 3 is 2.68 bits per heavy atom. The summed E-state index contributed by atoms with van der Waals surface area (Å²) in [7, 11) is 0. The molecule has 0 saturated carbocycles. The van der Waals surface area contributed by atoms with Crippen LogP contribution in [-0.4, -0.2) is 16.3 Å². The maximum absolute atomic E-state index is 11.6. The Balaban J connectivity index is 2.42. The van der Waals surface area contributed by atoms with E-state index < -0.39 is 11.7 Å². The minimum Gasteiger partial charge on any atom is -0.506 e. The van der Waals surface area contributed by atoms with E-state index in [1.165, 1.54) is 6.07 Å². The SMILES string of the molecule is O=c1cc(-c2ccccc2)c2c(o1)=C(O)C(O)CC=2. The first-order valence-electron chi connectivity index (χ1n) is 5.98. The summed E-state index contributed by atoms with van der Waals surface area (Å²) in [5.74, 6) is -0.285. The van der Waals surface area contributed by atoms with E-state index in [0.29, 0.717) is 17.2 Å². The van der Waals surface area contributed by atoms with E-state index in [0.717, 1.165) is 5.56 Å². The van der Waals surface area contributed by atoms with Gasteiger partial charge in [0.25, 0.3) is 0 Å². The van der Waals surface area contributed by atoms with E-state index in [9.17, 15) is 15.0 Å². The predicted octanol–water partition coefficient (Wildman–Crippen LogP) is 0.518. The summed E-state index contributed by atoms with van der Waals surface area (Å²) < 4.78 is 5.01. The molecular weight excluding hydrogens is 244 g/mol. The highest BCUT2D eigenvalue weighted by Crippen LogP contribution is 2.14. The summed E-state index contributed by atoms with van der Waals surface area (Å²) in [4.78, 5) is 11.6. The van der Waals surface area contributed by atoms with Gasteiger partial charge in [-0.15, -0.1) is 0 Å². The van der Waals surface area contributed by atoms with Crippen molar-refractivity contribution in [2.75, 3.05) is 0 Å². The van der Waals surface area contributed by atoms with Crippen LogP contribution in [0.5, 0.6) is 0 Å². The van der Waals surface area contributed by atoms with E-state index >= 15 is 0 Å². The molecule has 4 heteroatoms. The average molecular weight is 256 g/mol. The summed E-state index contributed by atoms with van der Waals surface area (Å²) in [6, 6.07) is 10.8. The third-order valence-electron chi connectivity index (χ3n) is 3.18. The van der Waals surface area contributed by atoms with Crippen LogP contribution in [0.15, 0.2) is 45.6 Å². The highest BCUT2D eigenvalue weighted by atomic mass is 16.4. The van der Waals surface area contributed by atoms with Crippen LogP contribution in [0.4, 0.5) is 0 Å². The molecule has 0 spiro atoms. The van der Waals surface area contributed by atoms with Gasteiger partial charge >= 0.3 is 5.63 Å². The smallest absolute Gasteiger partial charge is 0.336 e. The molecule has 2 N–H and O–H groups in total. The van der Waals surface area contributed by atoms with E-state index in [4.69, 9.17) is 4.42 Å². The van der Waals surface area contributed by atoms with Crippen molar-refractivity contribution < 1.29 is 14.6 Å². The predicted molar refractivity (Wildman–Crippen MR) is 70.8 cm³/mol. The first-order chi connectivity index (χ1) is 9.16. The lowest BCUT2D eigenvalue weighted by molar-refractivity contribution is 0.194. The monoisotopic (exact) mass is 256 g/mol. The van der Waals surface area contributed by atoms with Gasteiger partial charge in [-0.1, -0.05) is 36.4 Å². The van der Waals surface area contributed by atoms with Crippen LogP contribution in [0, 0.1) is 0 Å². The number of fused-ring (bicyclic) bond motifs is 1. The number of benzene rings is 1. The number of aliphatic hydroxyl groups excluding tert-OH is 2. The van der Waals surface area contributed by atoms with Gasteiger partial charge in [-0.05, 0) is 17.5 Å². The molecule has 96 valence electrons. The van der Waals surface area contributed by atoms with Gasteiger partial charge < -0.3 is 14.6 Å². The molecule has 0 amide bonds. The Hall–Kier alpha value is -2.33. The van der Waals surface area contributed by atoms with E-state index in [-0.39, 0.29) is 11.2 Å². The topological polar surface area (TPSA) is 70.7 Å². The quantitative estimate of drug-likeness (QED) is 0.780. The molecule has 1 unspecified atom stereocenters. The summed E-state index contributed by atoms with van der Waals surface area (Å²) in [5, 5.41) is 20.1. The molecule has 0 bridgehead atoms. The average Bonchev–Trinajstić information content (AvgIpc) is 2.44. The zero-order valence-corrected chi connectivity index (χ0v) is 10.0. The van der Waals surface area contributed by atoms with Crippen LogP contribution >= 0.6 is 0 Å².